The van der Waals surface area contributed by atoms with E-state index >= 15 is 0 Å². The van der Waals surface area contributed by atoms with Crippen LogP contribution in [-0.4, -0.2) is 0 Å². The Bertz CT molecular complexity index is 2270. The van der Waals surface area contributed by atoms with Gasteiger partial charge in [0.15, 0.2) is 0 Å². The van der Waals surface area contributed by atoms with Gasteiger partial charge in [-0.3, -0.25) is 0 Å². The van der Waals surface area contributed by atoms with Crippen molar-refractivity contribution in [1.82, 2.24) is 0 Å². The van der Waals surface area contributed by atoms with E-state index in [1.807, 2.05) is 60.7 Å². The van der Waals surface area contributed by atoms with Crippen LogP contribution in [0.2, 0.25) is 0 Å². The summed E-state index contributed by atoms with van der Waals surface area (Å²) in [6.45, 7) is 2.11. The van der Waals surface area contributed by atoms with Crippen molar-refractivity contribution in [1.29, 1.82) is 0 Å². The summed E-state index contributed by atoms with van der Waals surface area (Å²) >= 11 is 0. The fraction of sp³-hybridized carbons (Fsp3) is 0.148. The van der Waals surface area contributed by atoms with Gasteiger partial charge in [0.1, 0.15) is 43.7 Å². The van der Waals surface area contributed by atoms with Crippen LogP contribution in [0, 0.1) is 0 Å². The second-order valence-electron chi connectivity index (χ2n) is 14.6. The summed E-state index contributed by atoms with van der Waals surface area (Å²) in [5.74, 6) is 3.56. The lowest BCUT2D eigenvalue weighted by Gasteiger charge is -2.32. The average Bonchev–Trinajstić information content (AvgIpc) is 3.30. The van der Waals surface area contributed by atoms with Gasteiger partial charge in [-0.05, 0) is 87.8 Å². The van der Waals surface area contributed by atoms with E-state index in [1.165, 1.54) is 22.3 Å². The lowest BCUT2D eigenvalue weighted by Crippen LogP contribution is -2.17. The van der Waals surface area contributed by atoms with Crippen molar-refractivity contribution in [3.05, 3.63) is 257 Å². The number of ether oxygens (including phenoxy) is 4. The van der Waals surface area contributed by atoms with E-state index in [1.54, 1.807) is 0 Å². The molecular formula is C54H48O4. The first-order valence-electron chi connectivity index (χ1n) is 20.1. The van der Waals surface area contributed by atoms with Gasteiger partial charge in [0.2, 0.25) is 0 Å². The van der Waals surface area contributed by atoms with Gasteiger partial charge in [0.05, 0.1) is 5.76 Å². The summed E-state index contributed by atoms with van der Waals surface area (Å²) in [7, 11) is 0. The van der Waals surface area contributed by atoms with E-state index in [2.05, 4.69) is 146 Å². The molecule has 1 aliphatic rings. The van der Waals surface area contributed by atoms with Crippen molar-refractivity contribution in [3.63, 3.8) is 0 Å². The quantitative estimate of drug-likeness (QED) is 0.0926. The summed E-state index contributed by atoms with van der Waals surface area (Å²) in [6, 6.07) is 67.2. The van der Waals surface area contributed by atoms with Gasteiger partial charge in [0, 0.05) is 18.3 Å². The molecule has 0 amide bonds. The molecule has 0 aromatic heterocycles. The summed E-state index contributed by atoms with van der Waals surface area (Å²) in [5.41, 5.74) is 9.56. The van der Waals surface area contributed by atoms with Crippen LogP contribution < -0.4 is 14.2 Å². The largest absolute Gasteiger partial charge is 0.493 e. The fourth-order valence-corrected chi connectivity index (χ4v) is 7.50. The van der Waals surface area contributed by atoms with Crippen molar-refractivity contribution in [2.75, 3.05) is 0 Å². The third kappa shape index (κ3) is 10.3. The summed E-state index contributed by atoms with van der Waals surface area (Å²) < 4.78 is 25.1. The van der Waals surface area contributed by atoms with Crippen molar-refractivity contribution in [2.45, 2.75) is 51.1 Å². The molecule has 7 aromatic carbocycles. The number of allylic oxidation sites excluding steroid dienone is 4. The van der Waals surface area contributed by atoms with Crippen LogP contribution in [0.25, 0.3) is 0 Å². The van der Waals surface area contributed by atoms with E-state index in [9.17, 15) is 0 Å². The van der Waals surface area contributed by atoms with Gasteiger partial charge in [-0.15, -0.1) is 0 Å². The SMILES string of the molecule is C1=C(OCc2ccccc2)CCC(C(c2ccc(OCc3ccccc3)cc2)C(c2ccc(OCc3ccccc3)cc2)c2ccc(OCc3ccccc3)cc2)=C1. The first kappa shape index (κ1) is 38.1. The third-order valence-electron chi connectivity index (χ3n) is 10.6. The molecule has 1 unspecified atom stereocenters. The molecule has 4 nitrogen and oxygen atoms in total. The zero-order chi connectivity index (χ0) is 39.2. The fourth-order valence-electron chi connectivity index (χ4n) is 7.50. The molecule has 288 valence electrons. The Morgan fingerprint density at radius 2 is 0.638 bits per heavy atom. The Labute approximate surface area is 342 Å². The zero-order valence-electron chi connectivity index (χ0n) is 32.7. The highest BCUT2D eigenvalue weighted by Gasteiger charge is 2.31. The highest BCUT2D eigenvalue weighted by atomic mass is 16.5. The van der Waals surface area contributed by atoms with Crippen molar-refractivity contribution < 1.29 is 18.9 Å². The normalized spacial score (nSPS) is 12.9. The molecule has 0 saturated carbocycles. The summed E-state index contributed by atoms with van der Waals surface area (Å²) in [4.78, 5) is 0. The Hall–Kier alpha value is -6.78. The minimum absolute atomic E-state index is 0.00568. The molecule has 4 heteroatoms. The van der Waals surface area contributed by atoms with Crippen molar-refractivity contribution in [3.8, 4) is 17.2 Å². The van der Waals surface area contributed by atoms with Crippen LogP contribution in [0.5, 0.6) is 17.2 Å². The number of hydrogen-bond acceptors (Lipinski definition) is 4. The zero-order valence-corrected chi connectivity index (χ0v) is 32.7. The topological polar surface area (TPSA) is 36.9 Å². The molecular weight excluding hydrogens is 713 g/mol. The molecule has 0 spiro atoms. The summed E-state index contributed by atoms with van der Waals surface area (Å²) in [5, 5.41) is 0. The average molecular weight is 761 g/mol. The van der Waals surface area contributed by atoms with Gasteiger partial charge in [0.25, 0.3) is 0 Å². The van der Waals surface area contributed by atoms with Crippen LogP contribution in [-0.2, 0) is 31.2 Å². The van der Waals surface area contributed by atoms with E-state index < -0.39 is 0 Å². The lowest BCUT2D eigenvalue weighted by atomic mass is 9.71. The molecule has 0 bridgehead atoms. The van der Waals surface area contributed by atoms with Crippen molar-refractivity contribution >= 4 is 0 Å². The minimum atomic E-state index is -0.00568. The van der Waals surface area contributed by atoms with Crippen LogP contribution in [0.4, 0.5) is 0 Å². The monoisotopic (exact) mass is 760 g/mol. The second-order valence-corrected chi connectivity index (χ2v) is 14.6. The number of benzene rings is 7. The van der Waals surface area contributed by atoms with Gasteiger partial charge in [-0.25, -0.2) is 0 Å². The standard InChI is InChI=1S/C54H48O4/c1-5-13-41(14-6-1)37-55-49-29-21-45(22-30-49)53(46-23-31-50(32-24-46)56-38-42-15-7-2-8-16-42)54(47-25-33-51(34-26-47)57-39-43-17-9-3-10-18-43)48-27-35-52(36-28-48)58-40-44-19-11-4-12-20-44/h1-27,29-35,53-54H,28,36-40H2. The predicted molar refractivity (Wildman–Crippen MR) is 233 cm³/mol. The number of rotatable bonds is 17. The molecule has 8 rings (SSSR count). The molecule has 1 atom stereocenters. The van der Waals surface area contributed by atoms with Crippen molar-refractivity contribution in [2.24, 2.45) is 0 Å². The van der Waals surface area contributed by atoms with Gasteiger partial charge < -0.3 is 18.9 Å². The Balaban J connectivity index is 1.12. The second kappa shape index (κ2) is 19.4. The molecule has 0 saturated heterocycles. The van der Waals surface area contributed by atoms with Crippen LogP contribution in [0.1, 0.15) is 63.6 Å². The molecule has 0 fully saturated rings. The van der Waals surface area contributed by atoms with Gasteiger partial charge >= 0.3 is 0 Å². The van der Waals surface area contributed by atoms with Gasteiger partial charge in [-0.2, -0.15) is 0 Å². The molecule has 58 heavy (non-hydrogen) atoms. The Kier molecular flexibility index (Phi) is 12.7. The molecule has 1 aliphatic carbocycles. The highest BCUT2D eigenvalue weighted by Crippen LogP contribution is 2.46. The van der Waals surface area contributed by atoms with E-state index in [-0.39, 0.29) is 11.8 Å². The molecule has 0 aliphatic heterocycles. The first-order valence-corrected chi connectivity index (χ1v) is 20.1. The molecule has 7 aromatic rings. The first-order chi connectivity index (χ1) is 28.7. The van der Waals surface area contributed by atoms with E-state index in [0.717, 1.165) is 58.1 Å². The van der Waals surface area contributed by atoms with E-state index in [4.69, 9.17) is 18.9 Å². The highest BCUT2D eigenvalue weighted by molar-refractivity contribution is 5.48. The maximum atomic E-state index is 6.32. The van der Waals surface area contributed by atoms with Gasteiger partial charge in [-0.1, -0.05) is 169 Å². The van der Waals surface area contributed by atoms with Crippen LogP contribution >= 0.6 is 0 Å². The Morgan fingerprint density at radius 1 is 0.310 bits per heavy atom. The summed E-state index contributed by atoms with van der Waals surface area (Å²) in [6.07, 6.45) is 6.17. The molecule has 0 radical (unpaired) electrons. The smallest absolute Gasteiger partial charge is 0.119 e. The maximum Gasteiger partial charge on any atom is 0.119 e. The minimum Gasteiger partial charge on any atom is -0.493 e. The molecule has 0 heterocycles. The lowest BCUT2D eigenvalue weighted by molar-refractivity contribution is 0.187. The molecule has 0 N–H and O–H groups in total. The third-order valence-corrected chi connectivity index (χ3v) is 10.6. The maximum absolute atomic E-state index is 6.32. The Morgan fingerprint density at radius 3 is 0.966 bits per heavy atom. The van der Waals surface area contributed by atoms with Crippen LogP contribution in [0.15, 0.2) is 218 Å². The van der Waals surface area contributed by atoms with E-state index in [0.29, 0.717) is 26.4 Å². The predicted octanol–water partition coefficient (Wildman–Crippen LogP) is 13.2. The van der Waals surface area contributed by atoms with Crippen LogP contribution in [0.3, 0.4) is 0 Å². The number of hydrogen-bond donors (Lipinski definition) is 0.